The van der Waals surface area contributed by atoms with Gasteiger partial charge in [0, 0.05) is 0 Å². The summed E-state index contributed by atoms with van der Waals surface area (Å²) >= 11 is 0. The third-order valence-corrected chi connectivity index (χ3v) is 3.54. The summed E-state index contributed by atoms with van der Waals surface area (Å²) in [7, 11) is 0. The van der Waals surface area contributed by atoms with Gasteiger partial charge in [-0.25, -0.2) is 19.6 Å². The van der Waals surface area contributed by atoms with E-state index in [1.807, 2.05) is 0 Å². The van der Waals surface area contributed by atoms with Gasteiger partial charge in [0.1, 0.15) is 0 Å². The maximum absolute atomic E-state index is 10.3. The van der Waals surface area contributed by atoms with E-state index in [1.165, 1.54) is 0 Å². The second-order valence-corrected chi connectivity index (χ2v) is 5.66. The third kappa shape index (κ3) is 2.88. The molecule has 4 nitrogen and oxygen atoms in total. The van der Waals surface area contributed by atoms with Crippen molar-refractivity contribution in [2.45, 2.75) is 46.1 Å². The first-order chi connectivity index (χ1) is 7.43. The molecule has 2 unspecified atom stereocenters. The van der Waals surface area contributed by atoms with Crippen LogP contribution in [0, 0.1) is 10.8 Å². The van der Waals surface area contributed by atoms with Crippen LogP contribution in [0.15, 0.2) is 9.98 Å². The Labute approximate surface area is 95.9 Å². The SMILES string of the molecule is CC1(CN=C=O)CCC(N=C=O)C(C)(C)C1. The van der Waals surface area contributed by atoms with Crippen LogP contribution in [0.3, 0.4) is 0 Å². The number of carbonyl (C=O) groups excluding carboxylic acids is 2. The predicted molar refractivity (Wildman–Crippen MR) is 60.6 cm³/mol. The molecular formula is C12H18N2O2. The van der Waals surface area contributed by atoms with Crippen molar-refractivity contribution in [1.29, 1.82) is 0 Å². The van der Waals surface area contributed by atoms with Gasteiger partial charge in [0.2, 0.25) is 12.2 Å². The highest BCUT2D eigenvalue weighted by Gasteiger charge is 2.42. The summed E-state index contributed by atoms with van der Waals surface area (Å²) in [6, 6.07) is 0.0401. The van der Waals surface area contributed by atoms with Gasteiger partial charge in [0.15, 0.2) is 0 Å². The Hall–Kier alpha value is -1.24. The van der Waals surface area contributed by atoms with E-state index in [1.54, 1.807) is 12.2 Å². The molecule has 0 bridgehead atoms. The fourth-order valence-electron chi connectivity index (χ4n) is 2.84. The van der Waals surface area contributed by atoms with Crippen LogP contribution in [-0.2, 0) is 9.59 Å². The van der Waals surface area contributed by atoms with Gasteiger partial charge < -0.3 is 0 Å². The first-order valence-corrected chi connectivity index (χ1v) is 5.54. The van der Waals surface area contributed by atoms with Crippen molar-refractivity contribution in [2.75, 3.05) is 6.54 Å². The lowest BCUT2D eigenvalue weighted by Crippen LogP contribution is -2.41. The second-order valence-electron chi connectivity index (χ2n) is 5.66. The molecule has 0 spiro atoms. The molecule has 1 aliphatic carbocycles. The molecule has 0 radical (unpaired) electrons. The summed E-state index contributed by atoms with van der Waals surface area (Å²) in [5, 5.41) is 0. The molecule has 1 rings (SSSR count). The summed E-state index contributed by atoms with van der Waals surface area (Å²) in [5.74, 6) is 0. The van der Waals surface area contributed by atoms with Gasteiger partial charge in [-0.2, -0.15) is 0 Å². The normalized spacial score (nSPS) is 32.3. The van der Waals surface area contributed by atoms with Crippen LogP contribution in [0.5, 0.6) is 0 Å². The summed E-state index contributed by atoms with van der Waals surface area (Å²) in [4.78, 5) is 28.0. The Morgan fingerprint density at radius 3 is 2.44 bits per heavy atom. The van der Waals surface area contributed by atoms with E-state index in [-0.39, 0.29) is 16.9 Å². The molecule has 0 aliphatic heterocycles. The van der Waals surface area contributed by atoms with Gasteiger partial charge >= 0.3 is 0 Å². The molecule has 0 heterocycles. The first kappa shape index (κ1) is 12.8. The van der Waals surface area contributed by atoms with Gasteiger partial charge in [-0.1, -0.05) is 20.8 Å². The van der Waals surface area contributed by atoms with Crippen molar-refractivity contribution in [3.63, 3.8) is 0 Å². The predicted octanol–water partition coefficient (Wildman–Crippen LogP) is 2.24. The fraction of sp³-hybridized carbons (Fsp3) is 0.833. The molecule has 0 N–H and O–H groups in total. The number of hydrogen-bond acceptors (Lipinski definition) is 4. The minimum absolute atomic E-state index is 0.0236. The average Bonchev–Trinajstić information content (AvgIpc) is 2.19. The number of nitrogens with zero attached hydrogens (tertiary/aromatic N) is 2. The highest BCUT2D eigenvalue weighted by molar-refractivity contribution is 5.34. The summed E-state index contributed by atoms with van der Waals surface area (Å²) in [5.41, 5.74) is -0.0152. The van der Waals surface area contributed by atoms with Gasteiger partial charge in [-0.3, -0.25) is 0 Å². The zero-order chi connectivity index (χ0) is 12.2. The van der Waals surface area contributed by atoms with Gasteiger partial charge in [-0.15, -0.1) is 0 Å². The molecular weight excluding hydrogens is 204 g/mol. The van der Waals surface area contributed by atoms with Crippen LogP contribution in [-0.4, -0.2) is 24.7 Å². The number of aliphatic imine (C=N–C) groups is 2. The average molecular weight is 222 g/mol. The molecule has 1 aliphatic rings. The Bertz CT molecular complexity index is 349. The lowest BCUT2D eigenvalue weighted by atomic mass is 9.62. The number of hydrogen-bond donors (Lipinski definition) is 0. The standard InChI is InChI=1S/C12H18N2O2/c1-11(2)6-12(3,7-13-8-15)5-4-10(11)14-9-16/h10H,4-7H2,1-3H3. The fourth-order valence-corrected chi connectivity index (χ4v) is 2.84. The third-order valence-electron chi connectivity index (χ3n) is 3.54. The minimum Gasteiger partial charge on any atom is -0.211 e. The van der Waals surface area contributed by atoms with Crippen LogP contribution in [0.4, 0.5) is 0 Å². The van der Waals surface area contributed by atoms with E-state index in [0.29, 0.717) is 6.54 Å². The van der Waals surface area contributed by atoms with E-state index in [2.05, 4.69) is 30.8 Å². The monoisotopic (exact) mass is 222 g/mol. The lowest BCUT2D eigenvalue weighted by Gasteiger charge is -2.45. The summed E-state index contributed by atoms with van der Waals surface area (Å²) < 4.78 is 0. The molecule has 2 atom stereocenters. The van der Waals surface area contributed by atoms with Gasteiger partial charge in [0.25, 0.3) is 0 Å². The van der Waals surface area contributed by atoms with Crippen molar-refractivity contribution in [3.05, 3.63) is 0 Å². The van der Waals surface area contributed by atoms with Crippen molar-refractivity contribution in [2.24, 2.45) is 20.8 Å². The summed E-state index contributed by atoms with van der Waals surface area (Å²) in [6.07, 6.45) is 5.93. The zero-order valence-corrected chi connectivity index (χ0v) is 10.1. The highest BCUT2D eigenvalue weighted by atomic mass is 16.1. The molecule has 1 saturated carbocycles. The van der Waals surface area contributed by atoms with Crippen LogP contribution < -0.4 is 0 Å². The van der Waals surface area contributed by atoms with E-state index < -0.39 is 0 Å². The molecule has 0 aromatic heterocycles. The van der Waals surface area contributed by atoms with Crippen LogP contribution in [0.2, 0.25) is 0 Å². The van der Waals surface area contributed by atoms with Crippen LogP contribution in [0.1, 0.15) is 40.0 Å². The maximum Gasteiger partial charge on any atom is 0.235 e. The molecule has 0 amide bonds. The highest BCUT2D eigenvalue weighted by Crippen LogP contribution is 2.47. The Balaban J connectivity index is 2.80. The number of rotatable bonds is 3. The Kier molecular flexibility index (Phi) is 3.79. The molecule has 4 heteroatoms. The number of isocyanates is 2. The molecule has 0 aromatic carbocycles. The van der Waals surface area contributed by atoms with E-state index in [9.17, 15) is 9.59 Å². The first-order valence-electron chi connectivity index (χ1n) is 5.54. The molecule has 1 fully saturated rings. The van der Waals surface area contributed by atoms with Gasteiger partial charge in [0.05, 0.1) is 12.6 Å². The van der Waals surface area contributed by atoms with E-state index in [4.69, 9.17) is 0 Å². The summed E-state index contributed by atoms with van der Waals surface area (Å²) in [6.45, 7) is 6.83. The van der Waals surface area contributed by atoms with Crippen LogP contribution in [0.25, 0.3) is 0 Å². The molecule has 16 heavy (non-hydrogen) atoms. The van der Waals surface area contributed by atoms with Gasteiger partial charge in [-0.05, 0) is 30.1 Å². The van der Waals surface area contributed by atoms with E-state index >= 15 is 0 Å². The largest absolute Gasteiger partial charge is 0.235 e. The quantitative estimate of drug-likeness (QED) is 0.543. The lowest BCUT2D eigenvalue weighted by molar-refractivity contribution is 0.0851. The maximum atomic E-state index is 10.3. The topological polar surface area (TPSA) is 58.9 Å². The van der Waals surface area contributed by atoms with Crippen LogP contribution >= 0.6 is 0 Å². The van der Waals surface area contributed by atoms with E-state index in [0.717, 1.165) is 19.3 Å². The smallest absolute Gasteiger partial charge is 0.211 e. The van der Waals surface area contributed by atoms with Crippen molar-refractivity contribution >= 4 is 12.2 Å². The van der Waals surface area contributed by atoms with Crippen molar-refractivity contribution in [1.82, 2.24) is 0 Å². The van der Waals surface area contributed by atoms with Crippen molar-refractivity contribution in [3.8, 4) is 0 Å². The Morgan fingerprint density at radius 2 is 1.94 bits per heavy atom. The second kappa shape index (κ2) is 4.73. The Morgan fingerprint density at radius 1 is 1.25 bits per heavy atom. The van der Waals surface area contributed by atoms with Crippen molar-refractivity contribution < 1.29 is 9.59 Å². The minimum atomic E-state index is -0.0389. The zero-order valence-electron chi connectivity index (χ0n) is 10.1. The molecule has 0 aromatic rings. The molecule has 0 saturated heterocycles. The molecule has 88 valence electrons.